The van der Waals surface area contributed by atoms with Crippen LogP contribution in [0.15, 0.2) is 0 Å². The summed E-state index contributed by atoms with van der Waals surface area (Å²) in [7, 11) is -2.92. The van der Waals surface area contributed by atoms with Gasteiger partial charge in [-0.25, -0.2) is 4.39 Å². The van der Waals surface area contributed by atoms with Crippen molar-refractivity contribution in [3.8, 4) is 0 Å². The van der Waals surface area contributed by atoms with E-state index >= 15 is 0 Å². The third-order valence-corrected chi connectivity index (χ3v) is 2.94. The molecule has 0 saturated heterocycles. The normalized spacial score (nSPS) is 16.8. The molecule has 0 spiro atoms. The Hall–Kier alpha value is -0.380. The van der Waals surface area contributed by atoms with Crippen LogP contribution in [-0.4, -0.2) is 21.9 Å². The monoisotopic (exact) mass is 253 g/mol. The van der Waals surface area contributed by atoms with Crippen molar-refractivity contribution in [3.05, 3.63) is 0 Å². The highest BCUT2D eigenvalue weighted by Gasteiger charge is 2.48. The molecule has 1 unspecified atom stereocenters. The number of carbonyl (C=O) groups excluding carboxylic acids is 1. The fraction of sp³-hybridized carbons (Fsp3) is 0.900. The molecule has 16 heavy (non-hydrogen) atoms. The number of carbonyl (C=O) groups is 1. The van der Waals surface area contributed by atoms with Crippen LogP contribution in [0.25, 0.3) is 0 Å². The summed E-state index contributed by atoms with van der Waals surface area (Å²) in [4.78, 5) is 20.4. The minimum absolute atomic E-state index is 0.0946. The molecule has 0 aromatic rings. The number of hydrogen-bond donors (Lipinski definition) is 1. The molecule has 1 N–H and O–H groups in total. The van der Waals surface area contributed by atoms with Crippen LogP contribution in [0.4, 0.5) is 4.39 Å². The van der Waals surface area contributed by atoms with Crippen molar-refractivity contribution in [1.29, 1.82) is 0 Å². The van der Waals surface area contributed by atoms with Gasteiger partial charge in [0.2, 0.25) is 5.78 Å². The molecule has 0 aromatic heterocycles. The highest BCUT2D eigenvalue weighted by Crippen LogP contribution is 2.33. The molecule has 0 saturated carbocycles. The third kappa shape index (κ3) is 4.64. The largest absolute Gasteiger partial charge is 0.695 e. The number of ketones is 1. The van der Waals surface area contributed by atoms with Gasteiger partial charge in [0.15, 0.2) is 11.3 Å². The zero-order valence-corrected chi connectivity index (χ0v) is 11.0. The van der Waals surface area contributed by atoms with E-state index in [-0.39, 0.29) is 6.42 Å². The molecule has 0 aliphatic rings. The summed E-state index contributed by atoms with van der Waals surface area (Å²) >= 11 is 0. The van der Waals surface area contributed by atoms with Crippen LogP contribution in [0.2, 0.25) is 0 Å². The molecule has 0 heterocycles. The van der Waals surface area contributed by atoms with Crippen LogP contribution in [0, 0.1) is 0 Å². The Morgan fingerprint density at radius 3 is 2.31 bits per heavy atom. The Morgan fingerprint density at radius 2 is 1.94 bits per heavy atom. The minimum Gasteiger partial charge on any atom is -0.293 e. The van der Waals surface area contributed by atoms with E-state index in [0.29, 0.717) is 6.42 Å². The van der Waals surface area contributed by atoms with Gasteiger partial charge in [-0.1, -0.05) is 19.8 Å². The smallest absolute Gasteiger partial charge is 0.293 e. The topological polar surface area (TPSA) is 63.6 Å². The van der Waals surface area contributed by atoms with E-state index in [2.05, 4.69) is 4.52 Å². The molecule has 0 rings (SSSR count). The Bertz CT molecular complexity index is 276. The van der Waals surface area contributed by atoms with Crippen molar-refractivity contribution < 1.29 is 23.2 Å². The Morgan fingerprint density at radius 1 is 1.44 bits per heavy atom. The summed E-state index contributed by atoms with van der Waals surface area (Å²) in [5, 5.41) is 0. The van der Waals surface area contributed by atoms with E-state index in [0.717, 1.165) is 6.42 Å². The number of halogens is 1. The van der Waals surface area contributed by atoms with Gasteiger partial charge in [-0.15, -0.1) is 9.42 Å². The van der Waals surface area contributed by atoms with Crippen molar-refractivity contribution in [3.63, 3.8) is 0 Å². The summed E-state index contributed by atoms with van der Waals surface area (Å²) in [6.45, 7) is 5.67. The summed E-state index contributed by atoms with van der Waals surface area (Å²) in [5.74, 6) is -0.800. The molecule has 0 amide bonds. The molecule has 0 aromatic carbocycles. The molecule has 0 aliphatic carbocycles. The van der Waals surface area contributed by atoms with Gasteiger partial charge in [0.05, 0.1) is 0 Å². The quantitative estimate of drug-likeness (QED) is 0.708. The molecule has 6 heteroatoms. The molecule has 2 atom stereocenters. The lowest BCUT2D eigenvalue weighted by Gasteiger charge is -2.25. The van der Waals surface area contributed by atoms with Crippen LogP contribution in [0.3, 0.4) is 0 Å². The fourth-order valence-corrected chi connectivity index (χ4v) is 1.96. The van der Waals surface area contributed by atoms with E-state index in [4.69, 9.17) is 4.89 Å². The summed E-state index contributed by atoms with van der Waals surface area (Å²) < 4.78 is 29.1. The molecule has 0 aliphatic heterocycles. The highest BCUT2D eigenvalue weighted by molar-refractivity contribution is 7.32. The number of Topliss-reactive ketones (excluding diaryl/α,β-unsaturated/α-hetero) is 1. The molecular formula is C10H19FO4P+. The second kappa shape index (κ2) is 5.80. The Balaban J connectivity index is 4.68. The van der Waals surface area contributed by atoms with Gasteiger partial charge in [-0.05, 0) is 27.2 Å². The molecule has 0 radical (unpaired) electrons. The molecular weight excluding hydrogens is 234 g/mol. The first kappa shape index (κ1) is 15.6. The van der Waals surface area contributed by atoms with Crippen molar-refractivity contribution >= 4 is 14.0 Å². The van der Waals surface area contributed by atoms with Crippen LogP contribution in [-0.2, 0) is 13.9 Å². The van der Waals surface area contributed by atoms with Crippen LogP contribution in [0.5, 0.6) is 0 Å². The van der Waals surface area contributed by atoms with Gasteiger partial charge in [-0.2, -0.15) is 0 Å². The molecule has 94 valence electrons. The SMILES string of the molecule is CCCC[C@](C)(F)C(=O)C(C)(C)O[P+](=O)O. The van der Waals surface area contributed by atoms with Gasteiger partial charge in [0.25, 0.3) is 0 Å². The van der Waals surface area contributed by atoms with Crippen molar-refractivity contribution in [1.82, 2.24) is 0 Å². The maximum atomic E-state index is 14.0. The lowest BCUT2D eigenvalue weighted by molar-refractivity contribution is -0.144. The lowest BCUT2D eigenvalue weighted by Crippen LogP contribution is -2.46. The molecule has 0 bridgehead atoms. The van der Waals surface area contributed by atoms with Gasteiger partial charge in [-0.3, -0.25) is 4.79 Å². The first-order valence-electron chi connectivity index (χ1n) is 5.22. The zero-order chi connectivity index (χ0) is 13.0. The minimum atomic E-state index is -2.92. The summed E-state index contributed by atoms with van der Waals surface area (Å²) in [6.07, 6.45) is 1.46. The predicted molar refractivity (Wildman–Crippen MR) is 59.0 cm³/mol. The fourth-order valence-electron chi connectivity index (χ4n) is 1.49. The van der Waals surface area contributed by atoms with Crippen molar-refractivity contribution in [2.24, 2.45) is 0 Å². The number of alkyl halides is 1. The van der Waals surface area contributed by atoms with E-state index in [1.54, 1.807) is 0 Å². The van der Waals surface area contributed by atoms with E-state index in [1.165, 1.54) is 20.8 Å². The van der Waals surface area contributed by atoms with Crippen molar-refractivity contribution in [2.45, 2.75) is 58.2 Å². The average Bonchev–Trinajstić information content (AvgIpc) is 2.11. The van der Waals surface area contributed by atoms with Gasteiger partial charge in [0, 0.05) is 4.57 Å². The molecule has 0 fully saturated rings. The summed E-state index contributed by atoms with van der Waals surface area (Å²) in [5.41, 5.74) is -3.61. The predicted octanol–water partition coefficient (Wildman–Crippen LogP) is 2.92. The first-order valence-corrected chi connectivity index (χ1v) is 6.35. The van der Waals surface area contributed by atoms with Gasteiger partial charge < -0.3 is 0 Å². The first-order chi connectivity index (χ1) is 7.13. The Labute approximate surface area is 96.1 Å². The van der Waals surface area contributed by atoms with Crippen molar-refractivity contribution in [2.75, 3.05) is 0 Å². The number of rotatable bonds is 7. The lowest BCUT2D eigenvalue weighted by atomic mass is 9.87. The summed E-state index contributed by atoms with van der Waals surface area (Å²) in [6, 6.07) is 0. The standard InChI is InChI=1S/C10H18FO4P/c1-5-6-7-10(4,11)8(12)9(2,3)15-16(13)14/h5-7H2,1-4H3/p+1/t10-/m0/s1. The van der Waals surface area contributed by atoms with E-state index in [1.807, 2.05) is 6.92 Å². The van der Waals surface area contributed by atoms with Gasteiger partial charge in [0.1, 0.15) is 0 Å². The highest BCUT2D eigenvalue weighted by atomic mass is 31.1. The maximum Gasteiger partial charge on any atom is 0.695 e. The van der Waals surface area contributed by atoms with E-state index < -0.39 is 25.3 Å². The number of hydrogen-bond acceptors (Lipinski definition) is 3. The zero-order valence-electron chi connectivity index (χ0n) is 10.1. The number of unbranched alkanes of at least 4 members (excludes halogenated alkanes) is 1. The van der Waals surface area contributed by atoms with Gasteiger partial charge >= 0.3 is 8.25 Å². The van der Waals surface area contributed by atoms with E-state index in [9.17, 15) is 13.8 Å². The second-order valence-corrected chi connectivity index (χ2v) is 5.13. The van der Waals surface area contributed by atoms with Crippen LogP contribution in [0.1, 0.15) is 47.0 Å². The van der Waals surface area contributed by atoms with Crippen LogP contribution < -0.4 is 0 Å². The molecule has 4 nitrogen and oxygen atoms in total. The van der Waals surface area contributed by atoms with Crippen LogP contribution >= 0.6 is 8.25 Å². The maximum absolute atomic E-state index is 14.0. The second-order valence-electron chi connectivity index (χ2n) is 4.47. The Kier molecular flexibility index (Phi) is 5.66. The third-order valence-electron chi connectivity index (χ3n) is 2.33. The average molecular weight is 253 g/mol.